The predicted octanol–water partition coefficient (Wildman–Crippen LogP) is 3.62. The van der Waals surface area contributed by atoms with Crippen molar-refractivity contribution in [1.29, 1.82) is 0 Å². The van der Waals surface area contributed by atoms with Gasteiger partial charge in [0, 0.05) is 42.2 Å². The Morgan fingerprint density at radius 2 is 1.71 bits per heavy atom. The summed E-state index contributed by atoms with van der Waals surface area (Å²) in [5.41, 5.74) is 8.63. The second kappa shape index (κ2) is 8.14. The third-order valence-electron chi connectivity index (χ3n) is 4.69. The van der Waals surface area contributed by atoms with Crippen LogP contribution in [-0.4, -0.2) is 31.9 Å². The Balaban J connectivity index is 1.62. The first-order valence-electron chi connectivity index (χ1n) is 9.02. The minimum Gasteiger partial charge on any atom is -0.573 e. The van der Waals surface area contributed by atoms with E-state index in [1.807, 2.05) is 34.6 Å². The number of aromatic nitrogens is 2. The van der Waals surface area contributed by atoms with Crippen molar-refractivity contribution in [3.63, 3.8) is 0 Å². The van der Waals surface area contributed by atoms with E-state index in [1.165, 1.54) is 18.5 Å². The molecule has 28 heavy (non-hydrogen) atoms. The van der Waals surface area contributed by atoms with Crippen molar-refractivity contribution in [3.05, 3.63) is 60.7 Å². The van der Waals surface area contributed by atoms with Gasteiger partial charge in [-0.05, 0) is 30.5 Å². The van der Waals surface area contributed by atoms with Gasteiger partial charge in [0.1, 0.15) is 5.82 Å². The van der Waals surface area contributed by atoms with E-state index in [2.05, 4.69) is 14.7 Å². The van der Waals surface area contributed by atoms with Crippen molar-refractivity contribution >= 4 is 23.2 Å². The molecule has 0 spiro atoms. The van der Waals surface area contributed by atoms with Gasteiger partial charge in [0.25, 0.3) is 0 Å². The minimum absolute atomic E-state index is 0.145. The van der Waals surface area contributed by atoms with Crippen LogP contribution < -0.4 is 10.5 Å². The molecule has 4 rings (SSSR count). The number of nitrogens with two attached hydrogens (primary N) is 1. The second-order valence-electron chi connectivity index (χ2n) is 6.56. The standard InChI is InChI=1S/C20H20FN5OS/c21-18-11-14(7-8-16(18)15-12-23-20(22)24-13-15)17-5-1-2-6-19(17)25-28(27)26-9-3-4-10-26/h1-2,5-8,11-13,25H,3-4,9-10H2,(H2,22,23,24). The fourth-order valence-corrected chi connectivity index (χ4v) is 4.32. The van der Waals surface area contributed by atoms with Gasteiger partial charge in [-0.25, -0.2) is 14.4 Å². The number of nitrogens with one attached hydrogen (secondary N) is 1. The Morgan fingerprint density at radius 1 is 1.00 bits per heavy atom. The Bertz CT molecular complexity index is 963. The number of nitrogen functional groups attached to an aromatic ring is 1. The average molecular weight is 397 g/mol. The SMILES string of the molecule is Nc1ncc(-c2ccc(-c3ccccc3N[S+]([O-])N3CCCC3)cc2F)cn1. The van der Waals surface area contributed by atoms with Crippen molar-refractivity contribution in [1.82, 2.24) is 14.3 Å². The zero-order valence-corrected chi connectivity index (χ0v) is 16.0. The fourth-order valence-electron chi connectivity index (χ4n) is 3.23. The van der Waals surface area contributed by atoms with E-state index < -0.39 is 11.5 Å². The van der Waals surface area contributed by atoms with Crippen molar-refractivity contribution in [2.75, 3.05) is 23.5 Å². The van der Waals surface area contributed by atoms with Crippen LogP contribution in [0.25, 0.3) is 22.3 Å². The largest absolute Gasteiger partial charge is 0.573 e. The quantitative estimate of drug-likeness (QED) is 0.639. The third-order valence-corrected chi connectivity index (χ3v) is 5.92. The molecule has 1 aliphatic heterocycles. The normalized spacial score (nSPS) is 15.5. The smallest absolute Gasteiger partial charge is 0.219 e. The first-order chi connectivity index (χ1) is 13.6. The Kier molecular flexibility index (Phi) is 5.43. The highest BCUT2D eigenvalue weighted by Gasteiger charge is 2.25. The van der Waals surface area contributed by atoms with Gasteiger partial charge in [-0.3, -0.25) is 0 Å². The molecule has 0 saturated carbocycles. The van der Waals surface area contributed by atoms with E-state index in [-0.39, 0.29) is 11.8 Å². The first kappa shape index (κ1) is 18.7. The van der Waals surface area contributed by atoms with Crippen LogP contribution in [0.5, 0.6) is 0 Å². The van der Waals surface area contributed by atoms with Gasteiger partial charge in [-0.15, -0.1) is 4.31 Å². The molecule has 1 aromatic heterocycles. The van der Waals surface area contributed by atoms with Crippen LogP contribution >= 0.6 is 0 Å². The second-order valence-corrected chi connectivity index (χ2v) is 7.78. The van der Waals surface area contributed by atoms with E-state index in [4.69, 9.17) is 5.73 Å². The molecule has 8 heteroatoms. The zero-order chi connectivity index (χ0) is 19.5. The van der Waals surface area contributed by atoms with Gasteiger partial charge in [0.2, 0.25) is 5.95 Å². The predicted molar refractivity (Wildman–Crippen MR) is 110 cm³/mol. The molecular formula is C20H20FN5OS. The van der Waals surface area contributed by atoms with E-state index in [0.29, 0.717) is 22.4 Å². The number of halogens is 1. The number of hydrogen-bond donors (Lipinski definition) is 2. The summed E-state index contributed by atoms with van der Waals surface area (Å²) >= 11 is -1.31. The highest BCUT2D eigenvalue weighted by Crippen LogP contribution is 2.32. The summed E-state index contributed by atoms with van der Waals surface area (Å²) in [6.07, 6.45) is 5.09. The van der Waals surface area contributed by atoms with E-state index in [0.717, 1.165) is 31.5 Å². The molecule has 0 amide bonds. The number of hydrogen-bond acceptors (Lipinski definition) is 6. The van der Waals surface area contributed by atoms with Gasteiger partial charge in [-0.1, -0.05) is 30.3 Å². The number of para-hydroxylation sites is 1. The molecule has 3 aromatic rings. The van der Waals surface area contributed by atoms with E-state index in [1.54, 1.807) is 6.07 Å². The molecule has 144 valence electrons. The number of rotatable bonds is 5. The summed E-state index contributed by atoms with van der Waals surface area (Å²) in [6.45, 7) is 1.63. The molecule has 1 atom stereocenters. The van der Waals surface area contributed by atoms with Crippen LogP contribution in [0.4, 0.5) is 16.0 Å². The van der Waals surface area contributed by atoms with Crippen molar-refractivity contribution < 1.29 is 8.94 Å². The van der Waals surface area contributed by atoms with Crippen LogP contribution in [0.3, 0.4) is 0 Å². The van der Waals surface area contributed by atoms with Crippen LogP contribution in [0.1, 0.15) is 12.8 Å². The molecule has 0 aliphatic carbocycles. The van der Waals surface area contributed by atoms with Gasteiger partial charge in [-0.2, -0.15) is 4.72 Å². The molecule has 6 nitrogen and oxygen atoms in total. The lowest BCUT2D eigenvalue weighted by Gasteiger charge is -2.20. The lowest BCUT2D eigenvalue weighted by atomic mass is 10.00. The number of anilines is 2. The number of nitrogens with zero attached hydrogens (tertiary/aromatic N) is 3. The molecular weight excluding hydrogens is 377 g/mol. The topological polar surface area (TPSA) is 90.1 Å². The number of benzene rings is 2. The summed E-state index contributed by atoms with van der Waals surface area (Å²) in [7, 11) is 0. The van der Waals surface area contributed by atoms with E-state index >= 15 is 0 Å². The Morgan fingerprint density at radius 3 is 2.43 bits per heavy atom. The van der Waals surface area contributed by atoms with Crippen LogP contribution in [0.2, 0.25) is 0 Å². The lowest BCUT2D eigenvalue weighted by Crippen LogP contribution is -2.33. The summed E-state index contributed by atoms with van der Waals surface area (Å²) in [6, 6.07) is 12.4. The first-order valence-corrected chi connectivity index (χ1v) is 10.1. The Labute approximate surface area is 166 Å². The molecule has 2 heterocycles. The molecule has 1 unspecified atom stereocenters. The van der Waals surface area contributed by atoms with Crippen molar-refractivity contribution in [2.24, 2.45) is 0 Å². The highest BCUT2D eigenvalue weighted by atomic mass is 32.2. The van der Waals surface area contributed by atoms with E-state index in [9.17, 15) is 8.94 Å². The summed E-state index contributed by atoms with van der Waals surface area (Å²) in [5, 5.41) is 0. The van der Waals surface area contributed by atoms with Gasteiger partial charge < -0.3 is 10.3 Å². The molecule has 1 fully saturated rings. The van der Waals surface area contributed by atoms with Gasteiger partial charge >= 0.3 is 0 Å². The summed E-state index contributed by atoms with van der Waals surface area (Å²) in [4.78, 5) is 7.83. The van der Waals surface area contributed by atoms with Crippen LogP contribution in [-0.2, 0) is 11.5 Å². The fraction of sp³-hybridized carbons (Fsp3) is 0.200. The zero-order valence-electron chi connectivity index (χ0n) is 15.1. The third kappa shape index (κ3) is 3.94. The van der Waals surface area contributed by atoms with Gasteiger partial charge in [0.15, 0.2) is 11.5 Å². The molecule has 1 saturated heterocycles. The highest BCUT2D eigenvalue weighted by molar-refractivity contribution is 7.90. The Hall–Kier alpha value is -2.68. The van der Waals surface area contributed by atoms with Crippen LogP contribution in [0.15, 0.2) is 54.9 Å². The molecule has 2 aromatic carbocycles. The lowest BCUT2D eigenvalue weighted by molar-refractivity contribution is 0.482. The molecule has 0 bridgehead atoms. The monoisotopic (exact) mass is 397 g/mol. The maximum atomic E-state index is 14.8. The van der Waals surface area contributed by atoms with Crippen LogP contribution in [0, 0.1) is 5.82 Å². The van der Waals surface area contributed by atoms with Gasteiger partial charge in [0.05, 0.1) is 5.69 Å². The minimum atomic E-state index is -1.31. The molecule has 0 radical (unpaired) electrons. The van der Waals surface area contributed by atoms with Crippen molar-refractivity contribution in [2.45, 2.75) is 12.8 Å². The molecule has 1 aliphatic rings. The van der Waals surface area contributed by atoms with Crippen molar-refractivity contribution in [3.8, 4) is 22.3 Å². The summed E-state index contributed by atoms with van der Waals surface area (Å²) < 4.78 is 32.3. The maximum absolute atomic E-state index is 14.8. The average Bonchev–Trinajstić information content (AvgIpc) is 3.24. The maximum Gasteiger partial charge on any atom is 0.219 e. The summed E-state index contributed by atoms with van der Waals surface area (Å²) in [5.74, 6) is -0.242. The molecule has 3 N–H and O–H groups in total.